The molecule has 0 unspecified atom stereocenters. The largest absolute Gasteiger partial charge is 0.276 e. The van der Waals surface area contributed by atoms with Gasteiger partial charge in [0.2, 0.25) is 4.96 Å². The Bertz CT molecular complexity index is 1180. The third-order valence-electron chi connectivity index (χ3n) is 3.83. The number of benzene rings is 2. The Morgan fingerprint density at radius 3 is 2.64 bits per heavy atom. The first-order chi connectivity index (χ1) is 12.0. The molecule has 0 saturated heterocycles. The van der Waals surface area contributed by atoms with Crippen molar-refractivity contribution in [3.63, 3.8) is 0 Å². The van der Waals surface area contributed by atoms with Gasteiger partial charge in [0, 0.05) is 11.1 Å². The Hall–Kier alpha value is -2.57. The van der Waals surface area contributed by atoms with Crippen molar-refractivity contribution in [1.82, 2.24) is 14.6 Å². The van der Waals surface area contributed by atoms with Crippen LogP contribution in [0.3, 0.4) is 0 Å². The van der Waals surface area contributed by atoms with Crippen LogP contribution in [0.25, 0.3) is 22.4 Å². The van der Waals surface area contributed by atoms with E-state index in [1.165, 1.54) is 22.6 Å². The minimum Gasteiger partial charge on any atom is -0.267 e. The quantitative estimate of drug-likeness (QED) is 0.542. The maximum atomic E-state index is 14.0. The van der Waals surface area contributed by atoms with Gasteiger partial charge in [-0.05, 0) is 25.1 Å². The highest BCUT2D eigenvalue weighted by Gasteiger charge is 2.14. The van der Waals surface area contributed by atoms with Crippen LogP contribution >= 0.6 is 22.9 Å². The number of aromatic nitrogens is 3. The van der Waals surface area contributed by atoms with Crippen LogP contribution in [-0.2, 0) is 0 Å². The van der Waals surface area contributed by atoms with Gasteiger partial charge < -0.3 is 0 Å². The Balaban J connectivity index is 1.94. The lowest BCUT2D eigenvalue weighted by Crippen LogP contribution is -2.23. The highest BCUT2D eigenvalue weighted by atomic mass is 35.5. The zero-order valence-electron chi connectivity index (χ0n) is 13.0. The van der Waals surface area contributed by atoms with Crippen molar-refractivity contribution in [1.29, 1.82) is 0 Å². The summed E-state index contributed by atoms with van der Waals surface area (Å²) < 4.78 is 15.8. The smallest absolute Gasteiger partial charge is 0.267 e. The van der Waals surface area contributed by atoms with E-state index in [0.29, 0.717) is 15.3 Å². The van der Waals surface area contributed by atoms with Crippen molar-refractivity contribution in [2.75, 3.05) is 0 Å². The lowest BCUT2D eigenvalue weighted by molar-refractivity contribution is 0.625. The van der Waals surface area contributed by atoms with Gasteiger partial charge in [0.15, 0.2) is 5.82 Å². The summed E-state index contributed by atoms with van der Waals surface area (Å²) in [7, 11) is 0. The summed E-state index contributed by atoms with van der Waals surface area (Å²) in [5.41, 5.74) is 1.80. The number of rotatable bonds is 2. The van der Waals surface area contributed by atoms with Crippen LogP contribution in [-0.4, -0.2) is 14.6 Å². The lowest BCUT2D eigenvalue weighted by Gasteiger charge is -1.98. The minimum atomic E-state index is -0.477. The molecule has 0 fully saturated rings. The van der Waals surface area contributed by atoms with Gasteiger partial charge in [0.05, 0.1) is 9.55 Å². The molecule has 0 bridgehead atoms. The summed E-state index contributed by atoms with van der Waals surface area (Å²) in [4.78, 5) is 13.2. The average Bonchev–Trinajstić information content (AvgIpc) is 3.13. The Kier molecular flexibility index (Phi) is 3.86. The number of halogens is 2. The van der Waals surface area contributed by atoms with Crippen LogP contribution in [0.5, 0.6) is 0 Å². The van der Waals surface area contributed by atoms with Crippen LogP contribution in [0.2, 0.25) is 5.02 Å². The van der Waals surface area contributed by atoms with E-state index in [9.17, 15) is 9.18 Å². The first kappa shape index (κ1) is 15.9. The summed E-state index contributed by atoms with van der Waals surface area (Å²) in [6.45, 7) is 1.98. The number of hydrogen-bond donors (Lipinski definition) is 0. The Morgan fingerprint density at radius 1 is 1.16 bits per heavy atom. The molecule has 2 aromatic heterocycles. The van der Waals surface area contributed by atoms with E-state index in [2.05, 4.69) is 10.2 Å². The molecule has 0 N–H and O–H groups in total. The molecule has 0 aliphatic heterocycles. The van der Waals surface area contributed by atoms with E-state index in [0.717, 1.165) is 22.5 Å². The zero-order chi connectivity index (χ0) is 17.6. The molecule has 0 aliphatic rings. The number of fused-ring (bicyclic) bond motifs is 1. The van der Waals surface area contributed by atoms with Crippen LogP contribution in [0.1, 0.15) is 11.1 Å². The van der Waals surface area contributed by atoms with Crippen molar-refractivity contribution in [2.45, 2.75) is 6.92 Å². The molecule has 0 radical (unpaired) electrons. The molecule has 4 rings (SSSR count). The van der Waals surface area contributed by atoms with E-state index >= 15 is 0 Å². The van der Waals surface area contributed by atoms with Gasteiger partial charge in [-0.2, -0.15) is 0 Å². The second-order valence-electron chi connectivity index (χ2n) is 5.56. The second-order valence-corrected chi connectivity index (χ2v) is 6.98. The summed E-state index contributed by atoms with van der Waals surface area (Å²) in [6, 6.07) is 12.1. The topological polar surface area (TPSA) is 47.3 Å². The Morgan fingerprint density at radius 2 is 1.92 bits per heavy atom. The van der Waals surface area contributed by atoms with Gasteiger partial charge in [-0.15, -0.1) is 10.2 Å². The first-order valence-electron chi connectivity index (χ1n) is 7.45. The van der Waals surface area contributed by atoms with E-state index in [4.69, 9.17) is 11.6 Å². The highest BCUT2D eigenvalue weighted by Crippen LogP contribution is 2.21. The molecule has 25 heavy (non-hydrogen) atoms. The van der Waals surface area contributed by atoms with E-state index in [1.807, 2.05) is 31.2 Å². The van der Waals surface area contributed by atoms with Gasteiger partial charge in [-0.25, -0.2) is 8.79 Å². The van der Waals surface area contributed by atoms with Crippen molar-refractivity contribution >= 4 is 34.0 Å². The fourth-order valence-electron chi connectivity index (χ4n) is 2.53. The SMILES string of the molecule is Cc1ccc(-c2nnc3s/c(=C\c4c(F)cccc4Cl)c(=O)n23)cc1. The fourth-order valence-corrected chi connectivity index (χ4v) is 3.64. The molecule has 7 heteroatoms. The molecular weight excluding hydrogens is 361 g/mol. The van der Waals surface area contributed by atoms with E-state index in [-0.39, 0.29) is 16.1 Å². The fraction of sp³-hybridized carbons (Fsp3) is 0.0556. The van der Waals surface area contributed by atoms with Crippen LogP contribution in [0.15, 0.2) is 47.3 Å². The summed E-state index contributed by atoms with van der Waals surface area (Å²) in [6.07, 6.45) is 1.46. The highest BCUT2D eigenvalue weighted by molar-refractivity contribution is 7.15. The monoisotopic (exact) mass is 371 g/mol. The number of nitrogens with zero attached hydrogens (tertiary/aromatic N) is 3. The van der Waals surface area contributed by atoms with Gasteiger partial charge in [0.25, 0.3) is 5.56 Å². The zero-order valence-corrected chi connectivity index (χ0v) is 14.6. The summed E-state index contributed by atoms with van der Waals surface area (Å²) >= 11 is 7.19. The molecule has 0 aliphatic carbocycles. The van der Waals surface area contributed by atoms with Crippen LogP contribution in [0.4, 0.5) is 4.39 Å². The molecule has 4 aromatic rings. The van der Waals surface area contributed by atoms with E-state index in [1.54, 1.807) is 6.07 Å². The van der Waals surface area contributed by atoms with Crippen molar-refractivity contribution < 1.29 is 4.39 Å². The van der Waals surface area contributed by atoms with Crippen LogP contribution < -0.4 is 10.1 Å². The molecule has 0 amide bonds. The first-order valence-corrected chi connectivity index (χ1v) is 8.65. The molecule has 2 aromatic carbocycles. The van der Waals surface area contributed by atoms with Crippen molar-refractivity contribution in [2.24, 2.45) is 0 Å². The summed E-state index contributed by atoms with van der Waals surface area (Å²) in [5, 5.41) is 8.43. The molecule has 2 heterocycles. The third-order valence-corrected chi connectivity index (χ3v) is 5.12. The molecular formula is C18H11ClFN3OS. The summed E-state index contributed by atoms with van der Waals surface area (Å²) in [5.74, 6) is -0.00893. The van der Waals surface area contributed by atoms with Gasteiger partial charge in [-0.1, -0.05) is 58.8 Å². The normalized spacial score (nSPS) is 12.2. The molecule has 0 saturated carbocycles. The Labute approximate surface area is 150 Å². The maximum Gasteiger partial charge on any atom is 0.276 e. The second kappa shape index (κ2) is 6.06. The van der Waals surface area contributed by atoms with Crippen LogP contribution in [0, 0.1) is 12.7 Å². The van der Waals surface area contributed by atoms with E-state index < -0.39 is 5.82 Å². The molecule has 4 nitrogen and oxygen atoms in total. The molecule has 0 atom stereocenters. The average molecular weight is 372 g/mol. The lowest BCUT2D eigenvalue weighted by atomic mass is 10.1. The number of hydrogen-bond acceptors (Lipinski definition) is 4. The van der Waals surface area contributed by atoms with Gasteiger partial charge >= 0.3 is 0 Å². The predicted molar refractivity (Wildman–Crippen MR) is 97.5 cm³/mol. The third kappa shape index (κ3) is 2.73. The number of thiazole rings is 1. The maximum absolute atomic E-state index is 14.0. The molecule has 124 valence electrons. The van der Waals surface area contributed by atoms with Gasteiger partial charge in [0.1, 0.15) is 5.82 Å². The van der Waals surface area contributed by atoms with Crippen molar-refractivity contribution in [3.05, 3.63) is 79.3 Å². The number of aryl methyl sites for hydroxylation is 1. The minimum absolute atomic E-state index is 0.190. The van der Waals surface area contributed by atoms with Crippen molar-refractivity contribution in [3.8, 4) is 11.4 Å². The standard InChI is InChI=1S/C18H11ClFN3OS/c1-10-5-7-11(8-6-10)16-21-22-18-23(16)17(24)15(25-18)9-12-13(19)3-2-4-14(12)20/h2-9H,1H3/b15-9-. The predicted octanol–water partition coefficient (Wildman–Crippen LogP) is 3.47. The van der Waals surface area contributed by atoms with Gasteiger partial charge in [-0.3, -0.25) is 4.79 Å². The molecule has 0 spiro atoms.